The Bertz CT molecular complexity index is 64.6. The highest BCUT2D eigenvalue weighted by molar-refractivity contribution is 5.53. The first-order valence-corrected chi connectivity index (χ1v) is 2.92. The van der Waals surface area contributed by atoms with Crippen LogP contribution in [-0.2, 0) is 0 Å². The lowest BCUT2D eigenvalue weighted by Crippen LogP contribution is -2.10. The van der Waals surface area contributed by atoms with Crippen LogP contribution in [0.15, 0.2) is 0 Å². The number of hydrogen-bond acceptors (Lipinski definition) is 1. The van der Waals surface area contributed by atoms with Gasteiger partial charge in [-0.2, -0.15) is 0 Å². The second-order valence-corrected chi connectivity index (χ2v) is 2.24. The molecule has 0 spiro atoms. The minimum Gasteiger partial charge on any atom is -0.313 e. The summed E-state index contributed by atoms with van der Waals surface area (Å²) in [7, 11) is 0. The zero-order valence-corrected chi connectivity index (χ0v) is 4.48. The first kappa shape index (κ1) is 4.82. The van der Waals surface area contributed by atoms with Gasteiger partial charge >= 0.3 is 0 Å². The maximum Gasteiger partial charge on any atom is -0.00450 e. The highest BCUT2D eigenvalue weighted by Crippen LogP contribution is 2.27. The maximum atomic E-state index is 6.75. The lowest BCUT2D eigenvalue weighted by molar-refractivity contribution is 0.328. The van der Waals surface area contributed by atoms with Crippen molar-refractivity contribution >= 4 is 6.21 Å². The van der Waals surface area contributed by atoms with Gasteiger partial charge in [-0.25, -0.2) is 0 Å². The molecule has 1 heteroatoms. The van der Waals surface area contributed by atoms with Crippen LogP contribution in [0, 0.1) is 11.3 Å². The molecule has 1 N–H and O–H groups in total. The average Bonchev–Trinajstić information content (AvgIpc) is 1.55. The Morgan fingerprint density at radius 3 is 2.43 bits per heavy atom. The van der Waals surface area contributed by atoms with Gasteiger partial charge in [-0.15, -0.1) is 0 Å². The van der Waals surface area contributed by atoms with Crippen molar-refractivity contribution in [2.24, 2.45) is 5.92 Å². The van der Waals surface area contributed by atoms with Gasteiger partial charge in [0.25, 0.3) is 0 Å². The van der Waals surface area contributed by atoms with Crippen LogP contribution in [0.1, 0.15) is 25.7 Å². The Hall–Kier alpha value is -0.330. The van der Waals surface area contributed by atoms with Crippen molar-refractivity contribution in [3.8, 4) is 0 Å². The highest BCUT2D eigenvalue weighted by atomic mass is 14.3. The van der Waals surface area contributed by atoms with Crippen LogP contribution in [-0.4, -0.2) is 6.21 Å². The summed E-state index contributed by atoms with van der Waals surface area (Å²) < 4.78 is 0. The van der Waals surface area contributed by atoms with E-state index in [2.05, 4.69) is 0 Å². The predicted octanol–water partition coefficient (Wildman–Crippen LogP) is 1.83. The molecule has 1 saturated carbocycles. The minimum absolute atomic E-state index is 0.887. The van der Waals surface area contributed by atoms with Crippen molar-refractivity contribution in [2.45, 2.75) is 25.7 Å². The van der Waals surface area contributed by atoms with Crippen LogP contribution >= 0.6 is 0 Å². The summed E-state index contributed by atoms with van der Waals surface area (Å²) >= 11 is 0. The Balaban J connectivity index is 2.03. The van der Waals surface area contributed by atoms with Gasteiger partial charge < -0.3 is 5.41 Å². The van der Waals surface area contributed by atoms with E-state index in [0.717, 1.165) is 12.3 Å². The predicted molar refractivity (Wildman–Crippen MR) is 30.7 cm³/mol. The molecule has 1 fully saturated rings. The first-order valence-electron chi connectivity index (χ1n) is 2.92. The molecule has 7 heavy (non-hydrogen) atoms. The molecule has 1 nitrogen and oxygen atoms in total. The molecule has 0 amide bonds. The molecule has 1 aliphatic carbocycles. The molecule has 0 heterocycles. The van der Waals surface area contributed by atoms with Crippen molar-refractivity contribution in [3.05, 3.63) is 0 Å². The van der Waals surface area contributed by atoms with E-state index in [1.807, 2.05) is 0 Å². The van der Waals surface area contributed by atoms with Gasteiger partial charge in [0.2, 0.25) is 0 Å². The fourth-order valence-corrected chi connectivity index (χ4v) is 0.895. The van der Waals surface area contributed by atoms with E-state index in [0.29, 0.717) is 0 Å². The van der Waals surface area contributed by atoms with E-state index in [1.54, 1.807) is 0 Å². The topological polar surface area (TPSA) is 23.9 Å². The quantitative estimate of drug-likeness (QED) is 0.508. The lowest BCUT2D eigenvalue weighted by Gasteiger charge is -2.22. The van der Waals surface area contributed by atoms with Crippen LogP contribution < -0.4 is 0 Å². The monoisotopic (exact) mass is 97.1 g/mol. The third kappa shape index (κ3) is 1.02. The van der Waals surface area contributed by atoms with Crippen LogP contribution in [0.5, 0.6) is 0 Å². The van der Waals surface area contributed by atoms with Gasteiger partial charge in [0.15, 0.2) is 0 Å². The van der Waals surface area contributed by atoms with Crippen LogP contribution in [0.2, 0.25) is 0 Å². The molecule has 0 unspecified atom stereocenters. The van der Waals surface area contributed by atoms with E-state index in [-0.39, 0.29) is 0 Å². The Kier molecular flexibility index (Phi) is 1.45. The van der Waals surface area contributed by atoms with E-state index >= 15 is 0 Å². The molecule has 0 atom stereocenters. The Labute approximate surface area is 44.2 Å². The summed E-state index contributed by atoms with van der Waals surface area (Å²) in [4.78, 5) is 0. The maximum absolute atomic E-state index is 6.75. The molecule has 0 radical (unpaired) electrons. The zero-order chi connectivity index (χ0) is 5.11. The summed E-state index contributed by atoms with van der Waals surface area (Å²) in [6.07, 6.45) is 6.70. The molecule has 1 rings (SSSR count). The van der Waals surface area contributed by atoms with Gasteiger partial charge in [-0.1, -0.05) is 19.3 Å². The molecular weight excluding hydrogens is 86.1 g/mol. The zero-order valence-electron chi connectivity index (χ0n) is 4.48. The summed E-state index contributed by atoms with van der Waals surface area (Å²) in [5, 5.41) is 6.75. The second-order valence-electron chi connectivity index (χ2n) is 2.24. The molecule has 0 aromatic rings. The largest absolute Gasteiger partial charge is 0.313 e. The highest BCUT2D eigenvalue weighted by Gasteiger charge is 2.14. The summed E-state index contributed by atoms with van der Waals surface area (Å²) in [5.41, 5.74) is 0. The van der Waals surface area contributed by atoms with Gasteiger partial charge in [0, 0.05) is 0 Å². The van der Waals surface area contributed by atoms with Crippen molar-refractivity contribution in [3.63, 3.8) is 0 Å². The molecule has 0 saturated heterocycles. The Morgan fingerprint density at radius 2 is 2.29 bits per heavy atom. The molecular formula is C6H11N. The third-order valence-electron chi connectivity index (χ3n) is 1.68. The third-order valence-corrected chi connectivity index (χ3v) is 1.68. The summed E-state index contributed by atoms with van der Waals surface area (Å²) in [5.74, 6) is 0.887. The van der Waals surface area contributed by atoms with Crippen molar-refractivity contribution in [1.29, 1.82) is 5.41 Å². The van der Waals surface area contributed by atoms with Crippen molar-refractivity contribution in [1.82, 2.24) is 0 Å². The van der Waals surface area contributed by atoms with Gasteiger partial charge in [0.05, 0.1) is 0 Å². The fraction of sp³-hybridized carbons (Fsp3) is 0.833. The fourth-order valence-electron chi connectivity index (χ4n) is 0.895. The average molecular weight is 97.2 g/mol. The van der Waals surface area contributed by atoms with Gasteiger partial charge in [-0.3, -0.25) is 0 Å². The standard InChI is InChI=1S/C6H11N/c7-5-4-6-2-1-3-6/h5-7H,1-4H2. The van der Waals surface area contributed by atoms with Gasteiger partial charge in [0.1, 0.15) is 0 Å². The first-order chi connectivity index (χ1) is 3.43. The van der Waals surface area contributed by atoms with E-state index < -0.39 is 0 Å². The molecule has 0 aliphatic heterocycles. The van der Waals surface area contributed by atoms with Gasteiger partial charge in [-0.05, 0) is 18.6 Å². The van der Waals surface area contributed by atoms with Crippen LogP contribution in [0.4, 0.5) is 0 Å². The summed E-state index contributed by atoms with van der Waals surface area (Å²) in [6, 6.07) is 0. The van der Waals surface area contributed by atoms with E-state index in [9.17, 15) is 0 Å². The van der Waals surface area contributed by atoms with Crippen molar-refractivity contribution < 1.29 is 0 Å². The van der Waals surface area contributed by atoms with E-state index in [1.165, 1.54) is 25.5 Å². The molecule has 1 aliphatic rings. The molecule has 0 bridgehead atoms. The van der Waals surface area contributed by atoms with Crippen LogP contribution in [0.25, 0.3) is 0 Å². The van der Waals surface area contributed by atoms with Crippen LogP contribution in [0.3, 0.4) is 0 Å². The molecule has 40 valence electrons. The number of nitrogens with one attached hydrogen (secondary N) is 1. The Morgan fingerprint density at radius 1 is 1.57 bits per heavy atom. The normalized spacial score (nSPS) is 21.1. The lowest BCUT2D eigenvalue weighted by atomic mass is 9.83. The number of rotatable bonds is 2. The van der Waals surface area contributed by atoms with Crippen molar-refractivity contribution in [2.75, 3.05) is 0 Å². The SMILES string of the molecule is N=CCC1CCC1. The molecule has 0 aromatic heterocycles. The smallest absolute Gasteiger partial charge is 0.00450 e. The molecule has 0 aromatic carbocycles. The minimum atomic E-state index is 0.887. The van der Waals surface area contributed by atoms with E-state index in [4.69, 9.17) is 5.41 Å². The second kappa shape index (κ2) is 2.10. The number of hydrogen-bond donors (Lipinski definition) is 1. The summed E-state index contributed by atoms with van der Waals surface area (Å²) in [6.45, 7) is 0.